The molecule has 0 aliphatic carbocycles. The quantitative estimate of drug-likeness (QED) is 0.434. The molecular weight excluding hydrogens is 296 g/mol. The summed E-state index contributed by atoms with van der Waals surface area (Å²) in [5, 5.41) is 8.60. The van der Waals surface area contributed by atoms with Gasteiger partial charge in [-0.25, -0.2) is 0 Å². The SMILES string of the molecule is c1ccn(-c2ccc(N=Nc3ccc(-n4cccc4)cc3)cc2)c1. The van der Waals surface area contributed by atoms with Crippen LogP contribution in [0.15, 0.2) is 108 Å². The fourth-order valence-electron chi connectivity index (χ4n) is 2.51. The van der Waals surface area contributed by atoms with Crippen molar-refractivity contribution in [2.24, 2.45) is 10.2 Å². The molecule has 0 spiro atoms. The summed E-state index contributed by atoms with van der Waals surface area (Å²) in [5.41, 5.74) is 3.88. The highest BCUT2D eigenvalue weighted by molar-refractivity contribution is 5.47. The summed E-state index contributed by atoms with van der Waals surface area (Å²) in [4.78, 5) is 0. The number of nitrogens with zero attached hydrogens (tertiary/aromatic N) is 4. The Morgan fingerprint density at radius 1 is 0.458 bits per heavy atom. The summed E-state index contributed by atoms with van der Waals surface area (Å²) in [6.45, 7) is 0. The van der Waals surface area contributed by atoms with Crippen LogP contribution >= 0.6 is 0 Å². The summed E-state index contributed by atoms with van der Waals surface area (Å²) in [6, 6.07) is 24.0. The van der Waals surface area contributed by atoms with E-state index in [4.69, 9.17) is 0 Å². The number of rotatable bonds is 4. The molecule has 0 atom stereocenters. The second kappa shape index (κ2) is 6.38. The van der Waals surface area contributed by atoms with Gasteiger partial charge in [0.05, 0.1) is 11.4 Å². The molecule has 0 aliphatic rings. The first-order chi connectivity index (χ1) is 11.9. The lowest BCUT2D eigenvalue weighted by molar-refractivity contribution is 1.08. The van der Waals surface area contributed by atoms with E-state index in [1.165, 1.54) is 0 Å². The van der Waals surface area contributed by atoms with Gasteiger partial charge in [0.15, 0.2) is 0 Å². The van der Waals surface area contributed by atoms with Crippen molar-refractivity contribution in [3.8, 4) is 11.4 Å². The summed E-state index contributed by atoms with van der Waals surface area (Å²) >= 11 is 0. The van der Waals surface area contributed by atoms with Crippen LogP contribution in [0.3, 0.4) is 0 Å². The van der Waals surface area contributed by atoms with Crippen molar-refractivity contribution in [1.82, 2.24) is 9.13 Å². The van der Waals surface area contributed by atoms with E-state index < -0.39 is 0 Å². The molecule has 4 rings (SSSR count). The van der Waals surface area contributed by atoms with E-state index in [-0.39, 0.29) is 0 Å². The Hall–Kier alpha value is -3.40. The highest BCUT2D eigenvalue weighted by Gasteiger charge is 1.97. The molecule has 0 N–H and O–H groups in total. The lowest BCUT2D eigenvalue weighted by Gasteiger charge is -2.03. The van der Waals surface area contributed by atoms with Crippen molar-refractivity contribution in [2.75, 3.05) is 0 Å². The van der Waals surface area contributed by atoms with Crippen molar-refractivity contribution in [1.29, 1.82) is 0 Å². The molecule has 4 aromatic rings. The van der Waals surface area contributed by atoms with E-state index in [1.807, 2.05) is 97.6 Å². The maximum Gasteiger partial charge on any atom is 0.0858 e. The standard InChI is InChI=1S/C20H16N4/c1-2-14-23(13-1)19-9-5-17(6-10-19)21-22-18-7-11-20(12-8-18)24-15-3-4-16-24/h1-16H. The normalized spacial score (nSPS) is 11.2. The molecule has 0 saturated carbocycles. The van der Waals surface area contributed by atoms with Crippen molar-refractivity contribution in [3.05, 3.63) is 97.6 Å². The number of azo groups is 1. The minimum Gasteiger partial charge on any atom is -0.324 e. The van der Waals surface area contributed by atoms with Gasteiger partial charge in [-0.1, -0.05) is 0 Å². The molecular formula is C20H16N4. The zero-order chi connectivity index (χ0) is 16.2. The number of hydrogen-bond donors (Lipinski definition) is 0. The molecule has 0 bridgehead atoms. The molecule has 0 fully saturated rings. The second-order valence-corrected chi connectivity index (χ2v) is 5.41. The van der Waals surface area contributed by atoms with Gasteiger partial charge < -0.3 is 9.13 Å². The lowest BCUT2D eigenvalue weighted by atomic mass is 10.3. The van der Waals surface area contributed by atoms with E-state index in [0.29, 0.717) is 0 Å². The Bertz CT molecular complexity index is 837. The third-order valence-electron chi connectivity index (χ3n) is 3.79. The molecule has 116 valence electrons. The largest absolute Gasteiger partial charge is 0.324 e. The topological polar surface area (TPSA) is 34.6 Å². The summed E-state index contributed by atoms with van der Waals surface area (Å²) in [5.74, 6) is 0. The van der Waals surface area contributed by atoms with E-state index in [2.05, 4.69) is 19.4 Å². The molecule has 4 heteroatoms. The zero-order valence-electron chi connectivity index (χ0n) is 13.0. The van der Waals surface area contributed by atoms with Crippen molar-refractivity contribution < 1.29 is 0 Å². The van der Waals surface area contributed by atoms with Crippen molar-refractivity contribution >= 4 is 11.4 Å². The molecule has 2 aromatic carbocycles. The van der Waals surface area contributed by atoms with Gasteiger partial charge >= 0.3 is 0 Å². The van der Waals surface area contributed by atoms with Crippen LogP contribution in [0, 0.1) is 0 Å². The molecule has 4 nitrogen and oxygen atoms in total. The average molecular weight is 312 g/mol. The first-order valence-electron chi connectivity index (χ1n) is 7.77. The van der Waals surface area contributed by atoms with Crippen molar-refractivity contribution in [3.63, 3.8) is 0 Å². The maximum absolute atomic E-state index is 4.30. The Balaban J connectivity index is 1.48. The molecule has 0 radical (unpaired) electrons. The van der Waals surface area contributed by atoms with E-state index in [9.17, 15) is 0 Å². The highest BCUT2D eigenvalue weighted by Crippen LogP contribution is 2.21. The van der Waals surface area contributed by atoms with Gasteiger partial charge in [-0.05, 0) is 72.8 Å². The van der Waals surface area contributed by atoms with Gasteiger partial charge in [0.1, 0.15) is 0 Å². The predicted molar refractivity (Wildman–Crippen MR) is 95.7 cm³/mol. The van der Waals surface area contributed by atoms with Crippen LogP contribution in [-0.2, 0) is 0 Å². The maximum atomic E-state index is 4.30. The van der Waals surface area contributed by atoms with Crippen LogP contribution in [0.1, 0.15) is 0 Å². The lowest BCUT2D eigenvalue weighted by Crippen LogP contribution is -1.87. The second-order valence-electron chi connectivity index (χ2n) is 5.41. The molecule has 0 amide bonds. The van der Waals surface area contributed by atoms with Gasteiger partial charge in [0, 0.05) is 36.2 Å². The van der Waals surface area contributed by atoms with Crippen LogP contribution in [0.25, 0.3) is 11.4 Å². The molecule has 0 unspecified atom stereocenters. The van der Waals surface area contributed by atoms with Crippen LogP contribution in [0.4, 0.5) is 11.4 Å². The van der Waals surface area contributed by atoms with E-state index in [0.717, 1.165) is 22.7 Å². The molecule has 2 heterocycles. The first-order valence-corrected chi connectivity index (χ1v) is 7.77. The summed E-state index contributed by atoms with van der Waals surface area (Å²) in [7, 11) is 0. The van der Waals surface area contributed by atoms with E-state index >= 15 is 0 Å². The van der Waals surface area contributed by atoms with Crippen LogP contribution in [0.5, 0.6) is 0 Å². The van der Waals surface area contributed by atoms with Gasteiger partial charge in [0.25, 0.3) is 0 Å². The Morgan fingerprint density at radius 3 is 1.12 bits per heavy atom. The van der Waals surface area contributed by atoms with Crippen LogP contribution < -0.4 is 0 Å². The van der Waals surface area contributed by atoms with Crippen LogP contribution in [-0.4, -0.2) is 9.13 Å². The summed E-state index contributed by atoms with van der Waals surface area (Å²) < 4.78 is 4.11. The molecule has 2 aromatic heterocycles. The van der Waals surface area contributed by atoms with Gasteiger partial charge in [0.2, 0.25) is 0 Å². The van der Waals surface area contributed by atoms with E-state index in [1.54, 1.807) is 0 Å². The number of benzene rings is 2. The smallest absolute Gasteiger partial charge is 0.0858 e. The Labute approximate surface area is 140 Å². The zero-order valence-corrected chi connectivity index (χ0v) is 13.0. The minimum absolute atomic E-state index is 0.834. The van der Waals surface area contributed by atoms with Gasteiger partial charge in [-0.3, -0.25) is 0 Å². The Morgan fingerprint density at radius 2 is 0.792 bits per heavy atom. The fraction of sp³-hybridized carbons (Fsp3) is 0. The van der Waals surface area contributed by atoms with Crippen molar-refractivity contribution in [2.45, 2.75) is 0 Å². The van der Waals surface area contributed by atoms with Gasteiger partial charge in [-0.2, -0.15) is 10.2 Å². The van der Waals surface area contributed by atoms with Crippen LogP contribution in [0.2, 0.25) is 0 Å². The third-order valence-corrected chi connectivity index (χ3v) is 3.79. The van der Waals surface area contributed by atoms with Gasteiger partial charge in [-0.15, -0.1) is 0 Å². The number of aromatic nitrogens is 2. The minimum atomic E-state index is 0.834. The molecule has 0 saturated heterocycles. The Kier molecular flexibility index (Phi) is 3.78. The number of hydrogen-bond acceptors (Lipinski definition) is 2. The predicted octanol–water partition coefficient (Wildman–Crippen LogP) is 5.68. The fourth-order valence-corrected chi connectivity index (χ4v) is 2.51. The highest BCUT2D eigenvalue weighted by atomic mass is 15.1. The molecule has 24 heavy (non-hydrogen) atoms. The monoisotopic (exact) mass is 312 g/mol. The summed E-state index contributed by atoms with van der Waals surface area (Å²) in [6.07, 6.45) is 8.07. The molecule has 0 aliphatic heterocycles. The first kappa shape index (κ1) is 14.2. The third kappa shape index (κ3) is 3.03. The average Bonchev–Trinajstić information content (AvgIpc) is 3.34.